The highest BCUT2D eigenvalue weighted by Gasteiger charge is 2.17. The van der Waals surface area contributed by atoms with Gasteiger partial charge in [-0.05, 0) is 72.6 Å². The van der Waals surface area contributed by atoms with Crippen LogP contribution >= 0.6 is 0 Å². The number of phenolic OH excluding ortho intramolecular Hbond substituents is 2. The molecule has 6 nitrogen and oxygen atoms in total. The van der Waals surface area contributed by atoms with Crippen molar-refractivity contribution in [3.05, 3.63) is 72.3 Å². The quantitative estimate of drug-likeness (QED) is 0.365. The minimum atomic E-state index is 0.0495. The molecule has 0 radical (unpaired) electrons. The first-order chi connectivity index (χ1) is 15.9. The minimum Gasteiger partial charge on any atom is -0.508 e. The Kier molecular flexibility index (Phi) is 6.09. The van der Waals surface area contributed by atoms with E-state index in [9.17, 15) is 10.2 Å². The van der Waals surface area contributed by atoms with E-state index in [1.165, 1.54) is 18.2 Å². The zero-order valence-corrected chi connectivity index (χ0v) is 18.9. The summed E-state index contributed by atoms with van der Waals surface area (Å²) in [6, 6.07) is 19.5. The van der Waals surface area contributed by atoms with E-state index in [2.05, 4.69) is 0 Å². The number of ether oxygens (including phenoxy) is 3. The van der Waals surface area contributed by atoms with Gasteiger partial charge in [0.05, 0.1) is 32.7 Å². The molecule has 0 aliphatic carbocycles. The van der Waals surface area contributed by atoms with Crippen LogP contribution in [0.25, 0.3) is 33.6 Å². The fraction of sp³-hybridized carbons (Fsp3) is 0.148. The maximum Gasteiger partial charge on any atom is 0.131 e. The Balaban J connectivity index is 2.00. The van der Waals surface area contributed by atoms with Crippen LogP contribution in [0.1, 0.15) is 5.56 Å². The highest BCUT2D eigenvalue weighted by atomic mass is 16.5. The van der Waals surface area contributed by atoms with Gasteiger partial charge in [0.1, 0.15) is 28.7 Å². The lowest BCUT2D eigenvalue weighted by Gasteiger charge is -2.15. The molecule has 0 spiro atoms. The van der Waals surface area contributed by atoms with E-state index >= 15 is 0 Å². The number of benzene rings is 3. The molecular weight excluding hydrogens is 418 g/mol. The van der Waals surface area contributed by atoms with E-state index in [-0.39, 0.29) is 11.5 Å². The number of phenols is 2. The lowest BCUT2D eigenvalue weighted by molar-refractivity contribution is 0.395. The van der Waals surface area contributed by atoms with Gasteiger partial charge in [0, 0.05) is 22.8 Å². The second-order valence-electron chi connectivity index (χ2n) is 7.60. The lowest BCUT2D eigenvalue weighted by Crippen LogP contribution is -1.96. The third kappa shape index (κ3) is 4.41. The van der Waals surface area contributed by atoms with Gasteiger partial charge in [-0.15, -0.1) is 0 Å². The molecule has 1 aromatic heterocycles. The van der Waals surface area contributed by atoms with E-state index < -0.39 is 0 Å². The van der Waals surface area contributed by atoms with Gasteiger partial charge >= 0.3 is 0 Å². The molecule has 0 bridgehead atoms. The summed E-state index contributed by atoms with van der Waals surface area (Å²) in [5, 5.41) is 20.6. The normalized spacial score (nSPS) is 10.7. The maximum absolute atomic E-state index is 10.5. The average molecular weight is 443 g/mol. The second kappa shape index (κ2) is 9.12. The monoisotopic (exact) mass is 443 g/mol. The first-order valence-corrected chi connectivity index (χ1v) is 10.4. The molecule has 1 heterocycles. The van der Waals surface area contributed by atoms with Crippen molar-refractivity contribution in [1.82, 2.24) is 4.98 Å². The summed E-state index contributed by atoms with van der Waals surface area (Å²) in [4.78, 5) is 4.91. The molecule has 3 aromatic carbocycles. The Hall–Kier alpha value is -4.19. The second-order valence-corrected chi connectivity index (χ2v) is 7.60. The molecular formula is C27H25NO5. The van der Waals surface area contributed by atoms with Crippen molar-refractivity contribution in [3.63, 3.8) is 0 Å². The smallest absolute Gasteiger partial charge is 0.131 e. The maximum atomic E-state index is 10.5. The third-order valence-corrected chi connectivity index (χ3v) is 5.43. The number of aromatic nitrogens is 1. The van der Waals surface area contributed by atoms with Crippen LogP contribution in [0.2, 0.25) is 0 Å². The van der Waals surface area contributed by atoms with Gasteiger partial charge in [-0.1, -0.05) is 6.07 Å². The van der Waals surface area contributed by atoms with Gasteiger partial charge in [-0.25, -0.2) is 4.98 Å². The van der Waals surface area contributed by atoms with Crippen LogP contribution in [-0.4, -0.2) is 36.5 Å². The number of rotatable bonds is 6. The summed E-state index contributed by atoms with van der Waals surface area (Å²) in [7, 11) is 4.81. The van der Waals surface area contributed by atoms with Crippen molar-refractivity contribution in [3.8, 4) is 62.4 Å². The van der Waals surface area contributed by atoms with Crippen molar-refractivity contribution in [1.29, 1.82) is 0 Å². The Morgan fingerprint density at radius 1 is 0.636 bits per heavy atom. The Bertz CT molecular complexity index is 1320. The average Bonchev–Trinajstić information content (AvgIpc) is 2.84. The van der Waals surface area contributed by atoms with Gasteiger partial charge in [-0.3, -0.25) is 0 Å². The number of nitrogens with zero attached hydrogens (tertiary/aromatic N) is 1. The predicted molar refractivity (Wildman–Crippen MR) is 128 cm³/mol. The molecule has 2 N–H and O–H groups in total. The Morgan fingerprint density at radius 3 is 1.91 bits per heavy atom. The van der Waals surface area contributed by atoms with Crippen LogP contribution in [0.15, 0.2) is 66.7 Å². The van der Waals surface area contributed by atoms with Crippen LogP contribution in [0.4, 0.5) is 0 Å². The Labute approximate surface area is 192 Å². The number of pyridine rings is 1. The van der Waals surface area contributed by atoms with Crippen LogP contribution in [0.3, 0.4) is 0 Å². The molecule has 168 valence electrons. The standard InChI is InChI=1S/C27H25NO5/c1-16-5-8-20(26(11-16)32-3)23-12-17(22-14-18(29)6-10-25(22)30)13-24(28-23)21-9-7-19(31-2)15-27(21)33-4/h5-15,29-30H,1-4H3. The summed E-state index contributed by atoms with van der Waals surface area (Å²) in [6.07, 6.45) is 0. The van der Waals surface area contributed by atoms with Gasteiger partial charge in [0.15, 0.2) is 0 Å². The van der Waals surface area contributed by atoms with Crippen LogP contribution in [0.5, 0.6) is 28.7 Å². The molecule has 0 amide bonds. The summed E-state index contributed by atoms with van der Waals surface area (Å²) >= 11 is 0. The lowest BCUT2D eigenvalue weighted by atomic mass is 9.98. The van der Waals surface area contributed by atoms with Crippen molar-refractivity contribution in [2.75, 3.05) is 21.3 Å². The highest BCUT2D eigenvalue weighted by Crippen LogP contribution is 2.40. The molecule has 0 aliphatic rings. The number of aromatic hydroxyl groups is 2. The predicted octanol–water partition coefficient (Wildman–Crippen LogP) is 5.83. The van der Waals surface area contributed by atoms with E-state index in [0.29, 0.717) is 39.8 Å². The zero-order chi connectivity index (χ0) is 23.5. The number of hydrogen-bond donors (Lipinski definition) is 2. The molecule has 0 aliphatic heterocycles. The minimum absolute atomic E-state index is 0.0495. The fourth-order valence-electron chi connectivity index (χ4n) is 3.74. The summed E-state index contributed by atoms with van der Waals surface area (Å²) in [6.45, 7) is 1.99. The van der Waals surface area contributed by atoms with Crippen molar-refractivity contribution >= 4 is 0 Å². The third-order valence-electron chi connectivity index (χ3n) is 5.43. The first kappa shape index (κ1) is 22.0. The molecule has 0 saturated heterocycles. The largest absolute Gasteiger partial charge is 0.508 e. The topological polar surface area (TPSA) is 81.0 Å². The molecule has 0 fully saturated rings. The summed E-state index contributed by atoms with van der Waals surface area (Å²) in [5.74, 6) is 2.05. The van der Waals surface area contributed by atoms with Crippen LogP contribution in [-0.2, 0) is 0 Å². The SMILES string of the molecule is COc1ccc(-c2cc(-c3cc(O)ccc3O)cc(-c3ccc(C)cc3OC)n2)c(OC)c1. The molecule has 4 aromatic rings. The molecule has 6 heteroatoms. The molecule has 0 unspecified atom stereocenters. The van der Waals surface area contributed by atoms with E-state index in [4.69, 9.17) is 19.2 Å². The van der Waals surface area contributed by atoms with Crippen molar-refractivity contribution in [2.45, 2.75) is 6.92 Å². The number of aryl methyl sites for hydroxylation is 1. The molecule has 4 rings (SSSR count). The highest BCUT2D eigenvalue weighted by molar-refractivity contribution is 5.82. The fourth-order valence-corrected chi connectivity index (χ4v) is 3.74. The summed E-state index contributed by atoms with van der Waals surface area (Å²) < 4.78 is 16.5. The summed E-state index contributed by atoms with van der Waals surface area (Å²) in [5.41, 5.74) is 5.08. The molecule has 0 atom stereocenters. The van der Waals surface area contributed by atoms with Gasteiger partial charge in [0.2, 0.25) is 0 Å². The van der Waals surface area contributed by atoms with E-state index in [1.54, 1.807) is 27.4 Å². The molecule has 33 heavy (non-hydrogen) atoms. The van der Waals surface area contributed by atoms with Gasteiger partial charge < -0.3 is 24.4 Å². The number of methoxy groups -OCH3 is 3. The van der Waals surface area contributed by atoms with Crippen LogP contribution < -0.4 is 14.2 Å². The number of hydrogen-bond acceptors (Lipinski definition) is 6. The zero-order valence-electron chi connectivity index (χ0n) is 18.9. The van der Waals surface area contributed by atoms with Crippen molar-refractivity contribution in [2.24, 2.45) is 0 Å². The van der Waals surface area contributed by atoms with Crippen LogP contribution in [0, 0.1) is 6.92 Å². The van der Waals surface area contributed by atoms with E-state index in [1.807, 2.05) is 49.4 Å². The van der Waals surface area contributed by atoms with Crippen molar-refractivity contribution < 1.29 is 24.4 Å². The van der Waals surface area contributed by atoms with Gasteiger partial charge in [-0.2, -0.15) is 0 Å². The first-order valence-electron chi connectivity index (χ1n) is 10.4. The van der Waals surface area contributed by atoms with E-state index in [0.717, 1.165) is 16.7 Å². The van der Waals surface area contributed by atoms with Gasteiger partial charge in [0.25, 0.3) is 0 Å². The Morgan fingerprint density at radius 2 is 1.27 bits per heavy atom. The molecule has 0 saturated carbocycles.